The molecule has 0 saturated heterocycles. The number of thiophene rings is 1. The molecule has 1 rings (SSSR count). The first kappa shape index (κ1) is 8.21. The molecule has 0 amide bonds. The molecule has 0 aromatic carbocycles. The van der Waals surface area contributed by atoms with E-state index in [0.29, 0.717) is 11.4 Å². The molecule has 0 spiro atoms. The molecule has 3 nitrogen and oxygen atoms in total. The molecule has 4 N–H and O–H groups in total. The van der Waals surface area contributed by atoms with Crippen LogP contribution in [0.4, 0.5) is 0 Å². The van der Waals surface area contributed by atoms with Crippen LogP contribution in [0.15, 0.2) is 11.4 Å². The van der Waals surface area contributed by atoms with E-state index in [9.17, 15) is 0 Å². The average molecular weight is 167 g/mol. The van der Waals surface area contributed by atoms with E-state index >= 15 is 0 Å². The molecule has 0 radical (unpaired) electrons. The molecule has 0 aliphatic heterocycles. The molecule has 0 bridgehead atoms. The Morgan fingerprint density at radius 1 is 1.73 bits per heavy atom. The Morgan fingerprint density at radius 2 is 2.45 bits per heavy atom. The largest absolute Gasteiger partial charge is 0.329 e. The van der Waals surface area contributed by atoms with Gasteiger partial charge < -0.3 is 11.5 Å². The minimum Gasteiger partial charge on any atom is -0.329 e. The van der Waals surface area contributed by atoms with Crippen molar-refractivity contribution < 1.29 is 0 Å². The summed E-state index contributed by atoms with van der Waals surface area (Å²) in [5.41, 5.74) is 11.9. The summed E-state index contributed by atoms with van der Waals surface area (Å²) in [5.74, 6) is 0. The van der Waals surface area contributed by atoms with Crippen molar-refractivity contribution in [2.75, 3.05) is 6.54 Å². The second-order valence-electron chi connectivity index (χ2n) is 2.20. The maximum absolute atomic E-state index is 8.49. The SMILES string of the molecule is N#Cc1cc(C(N)CN)cs1. The van der Waals surface area contributed by atoms with Gasteiger partial charge in [0.25, 0.3) is 0 Å². The Labute approximate surface area is 69.2 Å². The summed E-state index contributed by atoms with van der Waals surface area (Å²) in [6, 6.07) is 3.70. The fourth-order valence-electron chi connectivity index (χ4n) is 0.740. The second-order valence-corrected chi connectivity index (χ2v) is 3.11. The number of rotatable bonds is 2. The molecule has 0 saturated carbocycles. The molecule has 58 valence electrons. The van der Waals surface area contributed by atoms with Crippen LogP contribution >= 0.6 is 11.3 Å². The predicted octanol–water partition coefficient (Wildman–Crippen LogP) is 0.578. The van der Waals surface area contributed by atoms with Crippen molar-refractivity contribution >= 4 is 11.3 Å². The lowest BCUT2D eigenvalue weighted by molar-refractivity contribution is 0.740. The molecule has 0 aliphatic carbocycles. The standard InChI is InChI=1S/C7H9N3S/c8-2-6-1-5(4-11-6)7(10)3-9/h1,4,7H,3,9-10H2. The van der Waals surface area contributed by atoms with Crippen molar-refractivity contribution in [1.82, 2.24) is 0 Å². The summed E-state index contributed by atoms with van der Waals surface area (Å²) in [5, 5.41) is 10.4. The number of nitrogens with two attached hydrogens (primary N) is 2. The lowest BCUT2D eigenvalue weighted by Crippen LogP contribution is -2.19. The quantitative estimate of drug-likeness (QED) is 0.676. The highest BCUT2D eigenvalue weighted by molar-refractivity contribution is 7.10. The molecule has 1 unspecified atom stereocenters. The van der Waals surface area contributed by atoms with Crippen molar-refractivity contribution in [3.05, 3.63) is 21.9 Å². The Balaban J connectivity index is 2.82. The van der Waals surface area contributed by atoms with Crippen LogP contribution in [0, 0.1) is 11.3 Å². The van der Waals surface area contributed by atoms with Crippen LogP contribution in [0.25, 0.3) is 0 Å². The topological polar surface area (TPSA) is 75.8 Å². The normalized spacial score (nSPS) is 12.5. The number of hydrogen-bond donors (Lipinski definition) is 2. The van der Waals surface area contributed by atoms with Gasteiger partial charge in [0, 0.05) is 12.6 Å². The van der Waals surface area contributed by atoms with E-state index in [-0.39, 0.29) is 6.04 Å². The van der Waals surface area contributed by atoms with E-state index in [1.54, 1.807) is 6.07 Å². The van der Waals surface area contributed by atoms with E-state index in [0.717, 1.165) is 5.56 Å². The van der Waals surface area contributed by atoms with Crippen LogP contribution in [0.3, 0.4) is 0 Å². The minimum atomic E-state index is -0.131. The fraction of sp³-hybridized carbons (Fsp3) is 0.286. The Bertz CT molecular complexity index is 273. The van der Waals surface area contributed by atoms with Crippen LogP contribution in [-0.4, -0.2) is 6.54 Å². The van der Waals surface area contributed by atoms with Gasteiger partial charge in [-0.05, 0) is 17.0 Å². The smallest absolute Gasteiger partial charge is 0.110 e. The molecular formula is C7H9N3S. The zero-order chi connectivity index (χ0) is 8.27. The molecule has 1 atom stereocenters. The molecule has 11 heavy (non-hydrogen) atoms. The van der Waals surface area contributed by atoms with Crippen molar-refractivity contribution in [3.8, 4) is 6.07 Å². The zero-order valence-electron chi connectivity index (χ0n) is 5.95. The number of nitrogens with zero attached hydrogens (tertiary/aromatic N) is 1. The van der Waals surface area contributed by atoms with Crippen LogP contribution in [0.1, 0.15) is 16.5 Å². The van der Waals surface area contributed by atoms with Crippen molar-refractivity contribution in [2.45, 2.75) is 6.04 Å². The van der Waals surface area contributed by atoms with E-state index in [2.05, 4.69) is 0 Å². The van der Waals surface area contributed by atoms with Gasteiger partial charge in [-0.15, -0.1) is 11.3 Å². The fourth-order valence-corrected chi connectivity index (χ4v) is 1.50. The second kappa shape index (κ2) is 3.49. The van der Waals surface area contributed by atoms with Gasteiger partial charge in [0.15, 0.2) is 0 Å². The van der Waals surface area contributed by atoms with Gasteiger partial charge in [0.2, 0.25) is 0 Å². The first-order chi connectivity index (χ1) is 5.27. The van der Waals surface area contributed by atoms with Crippen LogP contribution in [0.5, 0.6) is 0 Å². The van der Waals surface area contributed by atoms with Crippen LogP contribution in [-0.2, 0) is 0 Å². The summed E-state index contributed by atoms with van der Waals surface area (Å²) in [6.07, 6.45) is 0. The average Bonchev–Trinajstić information content (AvgIpc) is 2.50. The minimum absolute atomic E-state index is 0.131. The van der Waals surface area contributed by atoms with Gasteiger partial charge in [-0.3, -0.25) is 0 Å². The maximum atomic E-state index is 8.49. The van der Waals surface area contributed by atoms with E-state index < -0.39 is 0 Å². The molecule has 0 fully saturated rings. The van der Waals surface area contributed by atoms with Gasteiger partial charge in [0.1, 0.15) is 10.9 Å². The highest BCUT2D eigenvalue weighted by Crippen LogP contribution is 2.17. The zero-order valence-corrected chi connectivity index (χ0v) is 6.77. The highest BCUT2D eigenvalue weighted by atomic mass is 32.1. The van der Waals surface area contributed by atoms with Gasteiger partial charge in [-0.25, -0.2) is 0 Å². The highest BCUT2D eigenvalue weighted by Gasteiger charge is 2.05. The van der Waals surface area contributed by atoms with Gasteiger partial charge in [0.05, 0.1) is 0 Å². The third-order valence-corrected chi connectivity index (χ3v) is 2.27. The van der Waals surface area contributed by atoms with E-state index in [1.807, 2.05) is 11.4 Å². The van der Waals surface area contributed by atoms with Crippen LogP contribution in [0.2, 0.25) is 0 Å². The lowest BCUT2D eigenvalue weighted by atomic mass is 10.1. The monoisotopic (exact) mass is 167 g/mol. The molecule has 1 heterocycles. The van der Waals surface area contributed by atoms with Gasteiger partial charge >= 0.3 is 0 Å². The molecule has 0 aliphatic rings. The summed E-state index contributed by atoms with van der Waals surface area (Å²) >= 11 is 1.40. The molecular weight excluding hydrogens is 158 g/mol. The van der Waals surface area contributed by atoms with Crippen molar-refractivity contribution in [2.24, 2.45) is 11.5 Å². The first-order valence-electron chi connectivity index (χ1n) is 3.22. The maximum Gasteiger partial charge on any atom is 0.110 e. The van der Waals surface area contributed by atoms with E-state index in [4.69, 9.17) is 16.7 Å². The third-order valence-electron chi connectivity index (χ3n) is 1.41. The van der Waals surface area contributed by atoms with Gasteiger partial charge in [-0.2, -0.15) is 5.26 Å². The van der Waals surface area contributed by atoms with Crippen molar-refractivity contribution in [3.63, 3.8) is 0 Å². The Kier molecular flexibility index (Phi) is 2.60. The Hall–Kier alpha value is -0.890. The summed E-state index contributed by atoms with van der Waals surface area (Å²) in [7, 11) is 0. The van der Waals surface area contributed by atoms with Crippen LogP contribution < -0.4 is 11.5 Å². The number of hydrogen-bond acceptors (Lipinski definition) is 4. The van der Waals surface area contributed by atoms with Crippen molar-refractivity contribution in [1.29, 1.82) is 5.26 Å². The number of nitriles is 1. The molecule has 1 aromatic heterocycles. The summed E-state index contributed by atoms with van der Waals surface area (Å²) in [4.78, 5) is 0.684. The summed E-state index contributed by atoms with van der Waals surface area (Å²) < 4.78 is 0. The molecule has 4 heteroatoms. The Morgan fingerprint density at radius 3 is 2.91 bits per heavy atom. The third kappa shape index (κ3) is 1.77. The predicted molar refractivity (Wildman–Crippen MR) is 45.0 cm³/mol. The van der Waals surface area contributed by atoms with E-state index in [1.165, 1.54) is 11.3 Å². The molecule has 1 aromatic rings. The lowest BCUT2D eigenvalue weighted by Gasteiger charge is -2.03. The van der Waals surface area contributed by atoms with Gasteiger partial charge in [-0.1, -0.05) is 0 Å². The first-order valence-corrected chi connectivity index (χ1v) is 4.10. The summed E-state index contributed by atoms with van der Waals surface area (Å²) in [6.45, 7) is 0.418.